The molecular formula is C11H15NO3. The van der Waals surface area contributed by atoms with E-state index in [1.807, 2.05) is 0 Å². The summed E-state index contributed by atoms with van der Waals surface area (Å²) in [5, 5.41) is 0. The van der Waals surface area contributed by atoms with Crippen LogP contribution in [0.5, 0.6) is 11.5 Å². The van der Waals surface area contributed by atoms with Crippen LogP contribution in [0.4, 0.5) is 0 Å². The van der Waals surface area contributed by atoms with Crippen molar-refractivity contribution >= 4 is 5.78 Å². The van der Waals surface area contributed by atoms with Crippen LogP contribution in [0.2, 0.25) is 0 Å². The first-order chi connectivity index (χ1) is 7.13. The first-order valence-corrected chi connectivity index (χ1v) is 4.60. The summed E-state index contributed by atoms with van der Waals surface area (Å²) in [4.78, 5) is 11.2. The Balaban J connectivity index is 3.35. The summed E-state index contributed by atoms with van der Waals surface area (Å²) >= 11 is 0. The molecule has 0 bridgehead atoms. The minimum Gasteiger partial charge on any atom is -0.493 e. The maximum absolute atomic E-state index is 11.2. The third-order valence-corrected chi connectivity index (χ3v) is 2.18. The molecule has 0 saturated heterocycles. The molecule has 0 aliphatic rings. The summed E-state index contributed by atoms with van der Waals surface area (Å²) in [6.07, 6.45) is 0. The number of hydrogen-bond donors (Lipinski definition) is 1. The number of ketones is 1. The fourth-order valence-corrected chi connectivity index (χ4v) is 1.40. The number of rotatable bonds is 4. The van der Waals surface area contributed by atoms with Gasteiger partial charge in [0.05, 0.1) is 14.2 Å². The molecule has 0 saturated carbocycles. The molecule has 0 fully saturated rings. The number of hydrogen-bond acceptors (Lipinski definition) is 4. The second-order valence-electron chi connectivity index (χ2n) is 3.13. The molecule has 0 aliphatic carbocycles. The van der Waals surface area contributed by atoms with Gasteiger partial charge in [-0.2, -0.15) is 0 Å². The average Bonchev–Trinajstić information content (AvgIpc) is 2.26. The normalized spacial score (nSPS) is 9.87. The quantitative estimate of drug-likeness (QED) is 0.761. The van der Waals surface area contributed by atoms with Crippen molar-refractivity contribution in [3.63, 3.8) is 0 Å². The van der Waals surface area contributed by atoms with Crippen LogP contribution in [0.25, 0.3) is 0 Å². The van der Waals surface area contributed by atoms with E-state index in [4.69, 9.17) is 15.2 Å². The lowest BCUT2D eigenvalue weighted by molar-refractivity contribution is 0.101. The van der Waals surface area contributed by atoms with E-state index in [-0.39, 0.29) is 5.78 Å². The van der Waals surface area contributed by atoms with Gasteiger partial charge in [-0.05, 0) is 19.1 Å². The van der Waals surface area contributed by atoms with Gasteiger partial charge in [0.2, 0.25) is 0 Å². The van der Waals surface area contributed by atoms with Crippen molar-refractivity contribution < 1.29 is 14.3 Å². The van der Waals surface area contributed by atoms with Crippen LogP contribution < -0.4 is 15.2 Å². The SMILES string of the molecule is COc1cc(C(C)=O)cc(CN)c1OC. The van der Waals surface area contributed by atoms with Crippen molar-refractivity contribution in [2.75, 3.05) is 14.2 Å². The summed E-state index contributed by atoms with van der Waals surface area (Å²) < 4.78 is 10.3. The van der Waals surface area contributed by atoms with Crippen LogP contribution in [-0.4, -0.2) is 20.0 Å². The molecule has 4 nitrogen and oxygen atoms in total. The van der Waals surface area contributed by atoms with E-state index in [1.54, 1.807) is 19.2 Å². The topological polar surface area (TPSA) is 61.5 Å². The summed E-state index contributed by atoms with van der Waals surface area (Å²) in [5.41, 5.74) is 6.91. The van der Waals surface area contributed by atoms with Gasteiger partial charge in [0.15, 0.2) is 17.3 Å². The Morgan fingerprint density at radius 2 is 2.00 bits per heavy atom. The van der Waals surface area contributed by atoms with E-state index in [2.05, 4.69) is 0 Å². The lowest BCUT2D eigenvalue weighted by Crippen LogP contribution is -2.04. The molecule has 0 aliphatic heterocycles. The van der Waals surface area contributed by atoms with E-state index in [1.165, 1.54) is 14.0 Å². The first-order valence-electron chi connectivity index (χ1n) is 4.60. The molecule has 0 spiro atoms. The predicted octanol–water partition coefficient (Wildman–Crippen LogP) is 1.37. The molecule has 82 valence electrons. The minimum absolute atomic E-state index is 0.0225. The molecule has 0 amide bonds. The van der Waals surface area contributed by atoms with Crippen LogP contribution in [-0.2, 0) is 6.54 Å². The van der Waals surface area contributed by atoms with E-state index in [0.29, 0.717) is 23.6 Å². The lowest BCUT2D eigenvalue weighted by atomic mass is 10.1. The molecule has 0 aromatic heterocycles. The largest absolute Gasteiger partial charge is 0.493 e. The van der Waals surface area contributed by atoms with Gasteiger partial charge in [-0.15, -0.1) is 0 Å². The Labute approximate surface area is 89.0 Å². The second-order valence-corrected chi connectivity index (χ2v) is 3.13. The molecule has 0 radical (unpaired) electrons. The summed E-state index contributed by atoms with van der Waals surface area (Å²) in [7, 11) is 3.08. The molecule has 1 aromatic rings. The fraction of sp³-hybridized carbons (Fsp3) is 0.364. The van der Waals surface area contributed by atoms with Gasteiger partial charge in [-0.1, -0.05) is 0 Å². The lowest BCUT2D eigenvalue weighted by Gasteiger charge is -2.12. The number of carbonyl (C=O) groups is 1. The van der Waals surface area contributed by atoms with Crippen LogP contribution >= 0.6 is 0 Å². The molecule has 0 heterocycles. The molecular weight excluding hydrogens is 194 g/mol. The second kappa shape index (κ2) is 4.79. The van der Waals surface area contributed by atoms with E-state index < -0.39 is 0 Å². The highest BCUT2D eigenvalue weighted by atomic mass is 16.5. The predicted molar refractivity (Wildman–Crippen MR) is 57.4 cm³/mol. The monoisotopic (exact) mass is 209 g/mol. The zero-order chi connectivity index (χ0) is 11.4. The van der Waals surface area contributed by atoms with Crippen molar-refractivity contribution in [2.24, 2.45) is 5.73 Å². The number of nitrogens with two attached hydrogens (primary N) is 1. The van der Waals surface area contributed by atoms with E-state index in [9.17, 15) is 4.79 Å². The Hall–Kier alpha value is -1.55. The Morgan fingerprint density at radius 1 is 1.33 bits per heavy atom. The molecule has 2 N–H and O–H groups in total. The molecule has 0 unspecified atom stereocenters. The van der Waals surface area contributed by atoms with Crippen molar-refractivity contribution in [2.45, 2.75) is 13.5 Å². The Bertz CT molecular complexity index is 349. The third kappa shape index (κ3) is 2.27. The molecule has 1 rings (SSSR count). The number of ether oxygens (including phenoxy) is 2. The van der Waals surface area contributed by atoms with Crippen LogP contribution in [0.15, 0.2) is 12.1 Å². The fourth-order valence-electron chi connectivity index (χ4n) is 1.40. The van der Waals surface area contributed by atoms with Crippen molar-refractivity contribution in [3.8, 4) is 11.5 Å². The summed E-state index contributed by atoms with van der Waals surface area (Å²) in [6.45, 7) is 1.81. The van der Waals surface area contributed by atoms with Crippen LogP contribution in [0, 0.1) is 0 Å². The maximum atomic E-state index is 11.2. The van der Waals surface area contributed by atoms with Crippen molar-refractivity contribution in [1.29, 1.82) is 0 Å². The average molecular weight is 209 g/mol. The summed E-state index contributed by atoms with van der Waals surface area (Å²) in [5.74, 6) is 1.10. The van der Waals surface area contributed by atoms with E-state index >= 15 is 0 Å². The van der Waals surface area contributed by atoms with Gasteiger partial charge in [-0.25, -0.2) is 0 Å². The molecule has 1 aromatic carbocycles. The van der Waals surface area contributed by atoms with Gasteiger partial charge in [-0.3, -0.25) is 4.79 Å². The maximum Gasteiger partial charge on any atom is 0.165 e. The Kier molecular flexibility index (Phi) is 3.68. The highest BCUT2D eigenvalue weighted by Crippen LogP contribution is 2.32. The van der Waals surface area contributed by atoms with Gasteiger partial charge in [0.25, 0.3) is 0 Å². The zero-order valence-electron chi connectivity index (χ0n) is 9.16. The molecule has 0 atom stereocenters. The van der Waals surface area contributed by atoms with Crippen molar-refractivity contribution in [1.82, 2.24) is 0 Å². The van der Waals surface area contributed by atoms with Gasteiger partial charge >= 0.3 is 0 Å². The number of Topliss-reactive ketones (excluding diaryl/α,β-unsaturated/α-hetero) is 1. The number of benzene rings is 1. The van der Waals surface area contributed by atoms with Gasteiger partial charge in [0.1, 0.15) is 0 Å². The van der Waals surface area contributed by atoms with Crippen LogP contribution in [0.3, 0.4) is 0 Å². The van der Waals surface area contributed by atoms with Gasteiger partial charge < -0.3 is 15.2 Å². The standard InChI is InChI=1S/C11H15NO3/c1-7(13)8-4-9(6-12)11(15-3)10(5-8)14-2/h4-5H,6,12H2,1-3H3. The minimum atomic E-state index is -0.0225. The van der Waals surface area contributed by atoms with Crippen LogP contribution in [0.1, 0.15) is 22.8 Å². The highest BCUT2D eigenvalue weighted by molar-refractivity contribution is 5.95. The Morgan fingerprint density at radius 3 is 2.40 bits per heavy atom. The van der Waals surface area contributed by atoms with Crippen molar-refractivity contribution in [3.05, 3.63) is 23.3 Å². The molecule has 4 heteroatoms. The molecule has 15 heavy (non-hydrogen) atoms. The summed E-state index contributed by atoms with van der Waals surface area (Å²) in [6, 6.07) is 3.38. The number of carbonyl (C=O) groups excluding carboxylic acids is 1. The highest BCUT2D eigenvalue weighted by Gasteiger charge is 2.12. The smallest absolute Gasteiger partial charge is 0.165 e. The third-order valence-electron chi connectivity index (χ3n) is 2.18. The first kappa shape index (κ1) is 11.5. The van der Waals surface area contributed by atoms with Gasteiger partial charge in [0, 0.05) is 17.7 Å². The number of methoxy groups -OCH3 is 2. The van der Waals surface area contributed by atoms with E-state index in [0.717, 1.165) is 5.56 Å². The zero-order valence-corrected chi connectivity index (χ0v) is 9.16.